The largest absolute Gasteiger partial charge is 0.394 e. The lowest BCUT2D eigenvalue weighted by Crippen LogP contribution is -2.37. The molecule has 0 aromatic carbocycles. The first-order chi connectivity index (χ1) is 6.56. The molecular formula is C9H19BO4. The quantitative estimate of drug-likeness (QED) is 0.558. The maximum Gasteiger partial charge on any atom is 0.142 e. The van der Waals surface area contributed by atoms with Crippen LogP contribution in [0, 0.1) is 5.92 Å². The second-order valence-electron chi connectivity index (χ2n) is 4.24. The van der Waals surface area contributed by atoms with Gasteiger partial charge in [-0.1, -0.05) is 13.8 Å². The number of aliphatic hydroxyl groups excluding tert-OH is 2. The molecule has 1 saturated heterocycles. The van der Waals surface area contributed by atoms with Gasteiger partial charge in [-0.3, -0.25) is 0 Å². The summed E-state index contributed by atoms with van der Waals surface area (Å²) in [5.74, 6) is 0.414. The molecule has 1 heterocycles. The first kappa shape index (κ1) is 12.0. The summed E-state index contributed by atoms with van der Waals surface area (Å²) in [4.78, 5) is 0. The first-order valence-corrected chi connectivity index (χ1v) is 5.12. The van der Waals surface area contributed by atoms with Gasteiger partial charge in [-0.15, -0.1) is 0 Å². The molecule has 4 atom stereocenters. The predicted molar refractivity (Wildman–Crippen MR) is 54.9 cm³/mol. The summed E-state index contributed by atoms with van der Waals surface area (Å²) in [5, 5.41) is 18.7. The molecule has 1 rings (SSSR count). The van der Waals surface area contributed by atoms with Crippen LogP contribution in [0.25, 0.3) is 0 Å². The lowest BCUT2D eigenvalue weighted by atomic mass is 9.93. The number of rotatable bonds is 4. The van der Waals surface area contributed by atoms with Gasteiger partial charge in [-0.25, -0.2) is 0 Å². The van der Waals surface area contributed by atoms with Crippen LogP contribution in [-0.2, 0) is 9.47 Å². The van der Waals surface area contributed by atoms with Crippen molar-refractivity contribution in [3.05, 3.63) is 0 Å². The second-order valence-corrected chi connectivity index (χ2v) is 4.24. The van der Waals surface area contributed by atoms with E-state index in [0.29, 0.717) is 12.5 Å². The van der Waals surface area contributed by atoms with E-state index < -0.39 is 18.3 Å². The van der Waals surface area contributed by atoms with Crippen molar-refractivity contribution in [1.82, 2.24) is 0 Å². The molecule has 0 radical (unpaired) electrons. The zero-order valence-electron chi connectivity index (χ0n) is 9.01. The Hall–Kier alpha value is -0.0951. The highest BCUT2D eigenvalue weighted by Crippen LogP contribution is 2.22. The van der Waals surface area contributed by atoms with Gasteiger partial charge >= 0.3 is 0 Å². The molecule has 14 heavy (non-hydrogen) atoms. The molecular weight excluding hydrogens is 183 g/mol. The zero-order valence-corrected chi connectivity index (χ0v) is 9.01. The maximum absolute atomic E-state index is 9.71. The Morgan fingerprint density at radius 2 is 2.14 bits per heavy atom. The standard InChI is InChI=1S/C9H19BO4/c1-5(2)4-13-8-6(3-11)14-9(10)7(8)12/h5-9,11-12H,3-4,10H2,1-2H3/t6-,7+,8?,9-/m1/s1. The molecule has 0 aromatic rings. The zero-order chi connectivity index (χ0) is 10.7. The normalized spacial score (nSPS) is 38.1. The molecule has 0 spiro atoms. The molecule has 0 bridgehead atoms. The van der Waals surface area contributed by atoms with Crippen molar-refractivity contribution in [2.45, 2.75) is 38.2 Å². The van der Waals surface area contributed by atoms with E-state index in [2.05, 4.69) is 0 Å². The van der Waals surface area contributed by atoms with E-state index in [0.717, 1.165) is 0 Å². The molecule has 1 unspecified atom stereocenters. The SMILES string of the molecule is B[C@@H]1O[C@H](CO)C(OCC(C)C)[C@@H]1O. The van der Waals surface area contributed by atoms with Crippen molar-refractivity contribution in [1.29, 1.82) is 0 Å². The Bertz CT molecular complexity index is 176. The van der Waals surface area contributed by atoms with E-state index in [4.69, 9.17) is 14.6 Å². The summed E-state index contributed by atoms with van der Waals surface area (Å²) in [6, 6.07) is -0.260. The fourth-order valence-corrected chi connectivity index (χ4v) is 1.58. The monoisotopic (exact) mass is 202 g/mol. The molecule has 4 nitrogen and oxygen atoms in total. The van der Waals surface area contributed by atoms with Crippen molar-refractivity contribution in [3.8, 4) is 0 Å². The van der Waals surface area contributed by atoms with Crippen LogP contribution in [0.2, 0.25) is 0 Å². The summed E-state index contributed by atoms with van der Waals surface area (Å²) in [6.07, 6.45) is -1.41. The van der Waals surface area contributed by atoms with E-state index in [1.54, 1.807) is 7.85 Å². The average Bonchev–Trinajstić information content (AvgIpc) is 2.40. The van der Waals surface area contributed by atoms with E-state index in [9.17, 15) is 5.11 Å². The van der Waals surface area contributed by atoms with Crippen LogP contribution in [0.1, 0.15) is 13.8 Å². The minimum Gasteiger partial charge on any atom is -0.394 e. The molecule has 1 fully saturated rings. The van der Waals surface area contributed by atoms with Crippen molar-refractivity contribution < 1.29 is 19.7 Å². The Morgan fingerprint density at radius 1 is 1.50 bits per heavy atom. The van der Waals surface area contributed by atoms with Crippen molar-refractivity contribution >= 4 is 7.85 Å². The molecule has 2 N–H and O–H groups in total. The van der Waals surface area contributed by atoms with Gasteiger partial charge in [0.05, 0.1) is 12.6 Å². The van der Waals surface area contributed by atoms with Crippen molar-refractivity contribution in [3.63, 3.8) is 0 Å². The van der Waals surface area contributed by atoms with Gasteiger partial charge in [-0.05, 0) is 5.92 Å². The van der Waals surface area contributed by atoms with Crippen LogP contribution in [0.15, 0.2) is 0 Å². The summed E-state index contributed by atoms with van der Waals surface area (Å²) in [7, 11) is 1.78. The Balaban J connectivity index is 2.46. The van der Waals surface area contributed by atoms with E-state index in [-0.39, 0.29) is 12.6 Å². The van der Waals surface area contributed by atoms with Gasteiger partial charge in [0, 0.05) is 6.61 Å². The third-order valence-electron chi connectivity index (χ3n) is 2.38. The lowest BCUT2D eigenvalue weighted by Gasteiger charge is -2.20. The summed E-state index contributed by atoms with van der Waals surface area (Å²) >= 11 is 0. The third-order valence-corrected chi connectivity index (χ3v) is 2.38. The van der Waals surface area contributed by atoms with Gasteiger partial charge in [0.2, 0.25) is 0 Å². The highest BCUT2D eigenvalue weighted by molar-refractivity contribution is 6.11. The summed E-state index contributed by atoms with van der Waals surface area (Å²) in [5.41, 5.74) is 0. The lowest BCUT2D eigenvalue weighted by molar-refractivity contribution is -0.0606. The second kappa shape index (κ2) is 5.12. The molecule has 0 amide bonds. The van der Waals surface area contributed by atoms with Crippen LogP contribution >= 0.6 is 0 Å². The first-order valence-electron chi connectivity index (χ1n) is 5.12. The minimum absolute atomic E-state index is 0.107. The number of hydrogen-bond acceptors (Lipinski definition) is 4. The van der Waals surface area contributed by atoms with Crippen LogP contribution in [0.3, 0.4) is 0 Å². The maximum atomic E-state index is 9.71. The molecule has 82 valence electrons. The van der Waals surface area contributed by atoms with Gasteiger partial charge in [0.25, 0.3) is 0 Å². The Kier molecular flexibility index (Phi) is 4.38. The number of ether oxygens (including phenoxy) is 2. The highest BCUT2D eigenvalue weighted by atomic mass is 16.6. The molecule has 1 aliphatic rings. The minimum atomic E-state index is -0.633. The molecule has 5 heteroatoms. The fraction of sp³-hybridized carbons (Fsp3) is 1.00. The van der Waals surface area contributed by atoms with E-state index >= 15 is 0 Å². The highest BCUT2D eigenvalue weighted by Gasteiger charge is 2.41. The fourth-order valence-electron chi connectivity index (χ4n) is 1.58. The van der Waals surface area contributed by atoms with Crippen LogP contribution < -0.4 is 0 Å². The van der Waals surface area contributed by atoms with Crippen LogP contribution in [-0.4, -0.2) is 55.6 Å². The van der Waals surface area contributed by atoms with Gasteiger partial charge in [-0.2, -0.15) is 0 Å². The van der Waals surface area contributed by atoms with Crippen molar-refractivity contribution in [2.75, 3.05) is 13.2 Å². The van der Waals surface area contributed by atoms with Crippen LogP contribution in [0.4, 0.5) is 0 Å². The van der Waals surface area contributed by atoms with Gasteiger partial charge < -0.3 is 19.7 Å². The molecule has 0 aliphatic carbocycles. The average molecular weight is 202 g/mol. The molecule has 0 saturated carbocycles. The number of aliphatic hydroxyl groups is 2. The topological polar surface area (TPSA) is 58.9 Å². The van der Waals surface area contributed by atoms with E-state index in [1.807, 2.05) is 13.8 Å². The Morgan fingerprint density at radius 3 is 2.64 bits per heavy atom. The summed E-state index contributed by atoms with van der Waals surface area (Å²) < 4.78 is 10.9. The summed E-state index contributed by atoms with van der Waals surface area (Å²) in [6.45, 7) is 4.55. The van der Waals surface area contributed by atoms with Crippen molar-refractivity contribution in [2.24, 2.45) is 5.92 Å². The molecule has 1 aliphatic heterocycles. The smallest absolute Gasteiger partial charge is 0.142 e. The van der Waals surface area contributed by atoms with Gasteiger partial charge in [0.1, 0.15) is 26.2 Å². The van der Waals surface area contributed by atoms with Gasteiger partial charge in [0.15, 0.2) is 0 Å². The predicted octanol–water partition coefficient (Wildman–Crippen LogP) is -1.26. The van der Waals surface area contributed by atoms with Crippen LogP contribution in [0.5, 0.6) is 0 Å². The molecule has 0 aromatic heterocycles. The Labute approximate surface area is 85.6 Å². The van der Waals surface area contributed by atoms with E-state index in [1.165, 1.54) is 0 Å². The third kappa shape index (κ3) is 2.70. The number of hydrogen-bond donors (Lipinski definition) is 2.